The van der Waals surface area contributed by atoms with Gasteiger partial charge in [0.1, 0.15) is 5.69 Å². The summed E-state index contributed by atoms with van der Waals surface area (Å²) in [5.74, 6) is -0.300. The van der Waals surface area contributed by atoms with Crippen molar-refractivity contribution in [2.45, 2.75) is 24.8 Å². The van der Waals surface area contributed by atoms with Crippen molar-refractivity contribution in [1.29, 1.82) is 0 Å². The molecular weight excluding hydrogens is 448 g/mol. The van der Waals surface area contributed by atoms with Crippen LogP contribution in [-0.2, 0) is 16.6 Å². The van der Waals surface area contributed by atoms with Crippen molar-refractivity contribution < 1.29 is 13.2 Å². The van der Waals surface area contributed by atoms with Gasteiger partial charge in [-0.15, -0.1) is 0 Å². The van der Waals surface area contributed by atoms with E-state index in [-0.39, 0.29) is 48.2 Å². The van der Waals surface area contributed by atoms with Gasteiger partial charge in [0.05, 0.1) is 4.90 Å². The van der Waals surface area contributed by atoms with E-state index in [1.54, 1.807) is 29.2 Å². The number of hydrogen-bond acceptors (Lipinski definition) is 5. The second-order valence-electron chi connectivity index (χ2n) is 6.43. The quantitative estimate of drug-likeness (QED) is 0.663. The van der Waals surface area contributed by atoms with Crippen LogP contribution in [-0.4, -0.2) is 59.5 Å². The van der Waals surface area contributed by atoms with E-state index in [2.05, 4.69) is 21.0 Å². The summed E-state index contributed by atoms with van der Waals surface area (Å²) in [5.41, 5.74) is -0.0546. The van der Waals surface area contributed by atoms with Gasteiger partial charge in [-0.3, -0.25) is 9.59 Å². The summed E-state index contributed by atoms with van der Waals surface area (Å²) in [6.07, 6.45) is 0.733. The van der Waals surface area contributed by atoms with Crippen LogP contribution in [0.2, 0.25) is 0 Å². The minimum atomic E-state index is -3.60. The number of aromatic nitrogens is 2. The molecule has 150 valence electrons. The maximum absolute atomic E-state index is 12.8. The average molecular weight is 469 g/mol. The van der Waals surface area contributed by atoms with Gasteiger partial charge < -0.3 is 4.90 Å². The number of carbonyl (C=O) groups is 1. The van der Waals surface area contributed by atoms with Gasteiger partial charge in [-0.05, 0) is 36.8 Å². The fourth-order valence-corrected chi connectivity index (χ4v) is 4.67. The van der Waals surface area contributed by atoms with Gasteiger partial charge >= 0.3 is 0 Å². The predicted molar refractivity (Wildman–Crippen MR) is 108 cm³/mol. The standard InChI is InChI=1S/C18H21BrN4O4S/c1-2-9-23-17(24)8-7-16(20-23)18(25)21-10-12-22(13-11-21)28(26,27)15-5-3-14(19)4-6-15/h3-8H,2,9-13H2,1H3. The third kappa shape index (κ3) is 4.34. The smallest absolute Gasteiger partial charge is 0.274 e. The van der Waals surface area contributed by atoms with Gasteiger partial charge in [0, 0.05) is 43.3 Å². The molecule has 1 aromatic heterocycles. The Morgan fingerprint density at radius 1 is 1.07 bits per heavy atom. The van der Waals surface area contributed by atoms with Crippen molar-refractivity contribution in [3.63, 3.8) is 0 Å². The fraction of sp³-hybridized carbons (Fsp3) is 0.389. The van der Waals surface area contributed by atoms with Crippen molar-refractivity contribution in [3.8, 4) is 0 Å². The maximum Gasteiger partial charge on any atom is 0.274 e. The molecule has 3 rings (SSSR count). The number of hydrogen-bond donors (Lipinski definition) is 0. The molecule has 0 bridgehead atoms. The van der Waals surface area contributed by atoms with Crippen LogP contribution in [0.15, 0.2) is 50.6 Å². The Morgan fingerprint density at radius 3 is 2.32 bits per heavy atom. The number of amides is 1. The molecule has 28 heavy (non-hydrogen) atoms. The summed E-state index contributed by atoms with van der Waals surface area (Å²) in [4.78, 5) is 26.3. The summed E-state index contributed by atoms with van der Waals surface area (Å²) in [7, 11) is -3.60. The van der Waals surface area contributed by atoms with Gasteiger partial charge in [0.2, 0.25) is 10.0 Å². The minimum Gasteiger partial charge on any atom is -0.335 e. The third-order valence-corrected chi connectivity index (χ3v) is 6.94. The molecule has 0 aliphatic carbocycles. The van der Waals surface area contributed by atoms with Gasteiger partial charge in [0.25, 0.3) is 11.5 Å². The topological polar surface area (TPSA) is 92.6 Å². The third-order valence-electron chi connectivity index (χ3n) is 4.50. The second-order valence-corrected chi connectivity index (χ2v) is 9.28. The molecule has 0 N–H and O–H groups in total. The van der Waals surface area contributed by atoms with E-state index in [0.717, 1.165) is 10.9 Å². The lowest BCUT2D eigenvalue weighted by atomic mass is 10.3. The van der Waals surface area contributed by atoms with E-state index < -0.39 is 10.0 Å². The Morgan fingerprint density at radius 2 is 1.71 bits per heavy atom. The number of benzene rings is 1. The molecule has 10 heteroatoms. The average Bonchev–Trinajstić information content (AvgIpc) is 2.70. The zero-order valence-electron chi connectivity index (χ0n) is 15.4. The Bertz CT molecular complexity index is 1010. The van der Waals surface area contributed by atoms with Crippen LogP contribution >= 0.6 is 15.9 Å². The highest BCUT2D eigenvalue weighted by molar-refractivity contribution is 9.10. The Labute approximate surface area is 171 Å². The lowest BCUT2D eigenvalue weighted by Crippen LogP contribution is -2.50. The number of nitrogens with zero attached hydrogens (tertiary/aromatic N) is 4. The van der Waals surface area contributed by atoms with Gasteiger partial charge in [-0.25, -0.2) is 13.1 Å². The number of halogens is 1. The lowest BCUT2D eigenvalue weighted by Gasteiger charge is -2.33. The molecule has 1 amide bonds. The van der Waals surface area contributed by atoms with E-state index in [0.29, 0.717) is 6.54 Å². The van der Waals surface area contributed by atoms with E-state index >= 15 is 0 Å². The zero-order chi connectivity index (χ0) is 20.3. The molecule has 1 aromatic carbocycles. The SMILES string of the molecule is CCCn1nc(C(=O)N2CCN(S(=O)(=O)c3ccc(Br)cc3)CC2)ccc1=O. The zero-order valence-corrected chi connectivity index (χ0v) is 17.8. The monoisotopic (exact) mass is 468 g/mol. The molecule has 0 radical (unpaired) electrons. The summed E-state index contributed by atoms with van der Waals surface area (Å²) in [5, 5.41) is 4.14. The molecule has 0 unspecified atom stereocenters. The van der Waals surface area contributed by atoms with Crippen molar-refractivity contribution >= 4 is 31.9 Å². The van der Waals surface area contributed by atoms with Gasteiger partial charge in [-0.1, -0.05) is 22.9 Å². The molecule has 1 aliphatic rings. The largest absolute Gasteiger partial charge is 0.335 e. The minimum absolute atomic E-state index is 0.192. The first-order chi connectivity index (χ1) is 13.3. The number of rotatable bonds is 5. The fourth-order valence-electron chi connectivity index (χ4n) is 2.98. The van der Waals surface area contributed by atoms with Gasteiger partial charge in [0.15, 0.2) is 0 Å². The first kappa shape index (κ1) is 20.7. The number of piperazine rings is 1. The molecule has 1 fully saturated rings. The molecule has 8 nitrogen and oxygen atoms in total. The lowest BCUT2D eigenvalue weighted by molar-refractivity contribution is 0.0689. The molecule has 2 heterocycles. The van der Waals surface area contributed by atoms with Crippen LogP contribution in [0.25, 0.3) is 0 Å². The van der Waals surface area contributed by atoms with Crippen molar-refractivity contribution in [3.05, 3.63) is 56.9 Å². The predicted octanol–water partition coefficient (Wildman–Crippen LogP) is 1.56. The Balaban J connectivity index is 1.70. The maximum atomic E-state index is 12.8. The first-order valence-corrected chi connectivity index (χ1v) is 11.2. The number of aryl methyl sites for hydroxylation is 1. The highest BCUT2D eigenvalue weighted by Gasteiger charge is 2.30. The van der Waals surface area contributed by atoms with Crippen LogP contribution in [0.1, 0.15) is 23.8 Å². The second kappa shape index (κ2) is 8.54. The van der Waals surface area contributed by atoms with Gasteiger partial charge in [-0.2, -0.15) is 9.40 Å². The summed E-state index contributed by atoms with van der Waals surface area (Å²) in [6.45, 7) is 3.32. The molecular formula is C18H21BrN4O4S. The summed E-state index contributed by atoms with van der Waals surface area (Å²) >= 11 is 3.29. The van der Waals surface area contributed by atoms with Crippen LogP contribution in [0.3, 0.4) is 0 Å². The Kier molecular flexibility index (Phi) is 6.31. The van der Waals surface area contributed by atoms with E-state index in [1.165, 1.54) is 21.1 Å². The molecule has 2 aromatic rings. The van der Waals surface area contributed by atoms with Crippen molar-refractivity contribution in [2.24, 2.45) is 0 Å². The van der Waals surface area contributed by atoms with Crippen LogP contribution in [0.5, 0.6) is 0 Å². The molecule has 1 aliphatic heterocycles. The number of carbonyl (C=O) groups excluding carboxylic acids is 1. The van der Waals surface area contributed by atoms with Crippen LogP contribution in [0, 0.1) is 0 Å². The number of sulfonamides is 1. The highest BCUT2D eigenvalue weighted by atomic mass is 79.9. The normalized spacial score (nSPS) is 15.6. The van der Waals surface area contributed by atoms with E-state index in [1.807, 2.05) is 6.92 Å². The molecule has 0 spiro atoms. The van der Waals surface area contributed by atoms with Crippen LogP contribution in [0.4, 0.5) is 0 Å². The first-order valence-electron chi connectivity index (χ1n) is 8.96. The summed E-state index contributed by atoms with van der Waals surface area (Å²) in [6, 6.07) is 9.23. The van der Waals surface area contributed by atoms with E-state index in [9.17, 15) is 18.0 Å². The van der Waals surface area contributed by atoms with E-state index in [4.69, 9.17) is 0 Å². The molecule has 0 saturated carbocycles. The van der Waals surface area contributed by atoms with Crippen molar-refractivity contribution in [2.75, 3.05) is 26.2 Å². The van der Waals surface area contributed by atoms with Crippen LogP contribution < -0.4 is 5.56 Å². The molecule has 0 atom stereocenters. The summed E-state index contributed by atoms with van der Waals surface area (Å²) < 4.78 is 29.0. The van der Waals surface area contributed by atoms with Crippen molar-refractivity contribution in [1.82, 2.24) is 19.0 Å². The molecule has 1 saturated heterocycles. The Hall–Kier alpha value is -2.04. The highest BCUT2D eigenvalue weighted by Crippen LogP contribution is 2.20.